The molecule has 2 saturated heterocycles. The molecule has 1 N–H and O–H groups in total. The number of aromatic hydroxyl groups is 1. The van der Waals surface area contributed by atoms with E-state index < -0.39 is 0 Å². The van der Waals surface area contributed by atoms with Gasteiger partial charge in [0.05, 0.1) is 12.8 Å². The maximum Gasteiger partial charge on any atom is 0.257 e. The van der Waals surface area contributed by atoms with Gasteiger partial charge in [-0.1, -0.05) is 24.3 Å². The second kappa shape index (κ2) is 6.24. The number of benzene rings is 2. The number of thioether (sulfide) groups is 1. The molecule has 0 radical (unpaired) electrons. The highest BCUT2D eigenvalue weighted by Crippen LogP contribution is 2.47. The quantitative estimate of drug-likeness (QED) is 0.836. The van der Waals surface area contributed by atoms with Gasteiger partial charge in [-0.2, -0.15) is 0 Å². The third-order valence-corrected chi connectivity index (χ3v) is 6.14. The number of amides is 1. The summed E-state index contributed by atoms with van der Waals surface area (Å²) in [4.78, 5) is 16.4. The van der Waals surface area contributed by atoms with Crippen molar-refractivity contribution >= 4 is 40.7 Å². The van der Waals surface area contributed by atoms with E-state index in [1.54, 1.807) is 28.8 Å². The first-order chi connectivity index (χ1) is 12.1. The number of carbonyl (C=O) groups is 1. The Morgan fingerprint density at radius 3 is 2.68 bits per heavy atom. The van der Waals surface area contributed by atoms with Gasteiger partial charge in [0.15, 0.2) is 16.6 Å². The number of methoxy groups -OCH3 is 1. The van der Waals surface area contributed by atoms with Crippen molar-refractivity contribution in [2.75, 3.05) is 17.8 Å². The number of hydrogen-bond acceptors (Lipinski definition) is 5. The third-order valence-electron chi connectivity index (χ3n) is 4.42. The lowest BCUT2D eigenvalue weighted by molar-refractivity contribution is -0.119. The smallest absolute Gasteiger partial charge is 0.257 e. The summed E-state index contributed by atoms with van der Waals surface area (Å²) in [5.74, 6) is 1.18. The molecular formula is C18H16N2O3S2. The highest BCUT2D eigenvalue weighted by Gasteiger charge is 2.50. The van der Waals surface area contributed by atoms with Gasteiger partial charge >= 0.3 is 0 Å². The summed E-state index contributed by atoms with van der Waals surface area (Å²) in [5, 5.41) is 10.5. The largest absolute Gasteiger partial charge is 0.504 e. The standard InChI is InChI=1S/C18H16N2O3S2/c1-23-15-8-7-11(9-14(15)21)17-20-13(10-25-17)16(22)19(18(20)24)12-5-3-2-4-6-12/h2-9,13,17,21H,10H2,1H3. The second-order valence-corrected chi connectivity index (χ2v) is 7.31. The maximum absolute atomic E-state index is 12.9. The molecule has 2 unspecified atom stereocenters. The van der Waals surface area contributed by atoms with E-state index >= 15 is 0 Å². The van der Waals surface area contributed by atoms with E-state index in [0.29, 0.717) is 16.6 Å². The monoisotopic (exact) mass is 372 g/mol. The van der Waals surface area contributed by atoms with E-state index in [-0.39, 0.29) is 23.1 Å². The number of hydrogen-bond donors (Lipinski definition) is 1. The number of para-hydroxylation sites is 1. The second-order valence-electron chi connectivity index (χ2n) is 5.83. The first kappa shape index (κ1) is 16.2. The Bertz CT molecular complexity index is 843. The van der Waals surface area contributed by atoms with Crippen LogP contribution in [0.25, 0.3) is 0 Å². The van der Waals surface area contributed by atoms with Crippen LogP contribution in [0.5, 0.6) is 11.5 Å². The van der Waals surface area contributed by atoms with Gasteiger partial charge in [0.1, 0.15) is 11.4 Å². The number of thiocarbonyl (C=S) groups is 1. The van der Waals surface area contributed by atoms with Crippen molar-refractivity contribution in [1.29, 1.82) is 0 Å². The average Bonchev–Trinajstić information content (AvgIpc) is 3.16. The van der Waals surface area contributed by atoms with Crippen LogP contribution in [0.4, 0.5) is 5.69 Å². The van der Waals surface area contributed by atoms with Gasteiger partial charge < -0.3 is 14.7 Å². The molecule has 2 aliphatic heterocycles. The molecule has 4 rings (SSSR count). The first-order valence-corrected chi connectivity index (χ1v) is 9.27. The minimum atomic E-state index is -0.271. The fourth-order valence-electron chi connectivity index (χ4n) is 3.22. The van der Waals surface area contributed by atoms with Crippen molar-refractivity contribution in [3.05, 3.63) is 54.1 Å². The number of anilines is 1. The predicted molar refractivity (Wildman–Crippen MR) is 102 cm³/mol. The summed E-state index contributed by atoms with van der Waals surface area (Å²) in [7, 11) is 1.51. The summed E-state index contributed by atoms with van der Waals surface area (Å²) in [6.45, 7) is 0. The number of rotatable bonds is 3. The van der Waals surface area contributed by atoms with Crippen molar-refractivity contribution in [1.82, 2.24) is 4.90 Å². The van der Waals surface area contributed by atoms with Crippen LogP contribution in [0.2, 0.25) is 0 Å². The number of phenolic OH excluding ortho intramolecular Hbond substituents is 1. The number of ether oxygens (including phenoxy) is 1. The SMILES string of the molecule is COc1ccc(C2SCC3C(=O)N(c4ccccc4)C(=S)N32)cc1O. The van der Waals surface area contributed by atoms with Crippen LogP contribution in [0.15, 0.2) is 48.5 Å². The highest BCUT2D eigenvalue weighted by molar-refractivity contribution is 7.99. The van der Waals surface area contributed by atoms with E-state index in [2.05, 4.69) is 0 Å². The molecule has 7 heteroatoms. The van der Waals surface area contributed by atoms with E-state index in [0.717, 1.165) is 11.3 Å². The summed E-state index contributed by atoms with van der Waals surface area (Å²) in [6, 6.07) is 14.5. The molecule has 2 aromatic carbocycles. The summed E-state index contributed by atoms with van der Waals surface area (Å²) >= 11 is 7.28. The molecule has 0 aliphatic carbocycles. The topological polar surface area (TPSA) is 53.0 Å². The Morgan fingerprint density at radius 2 is 2.00 bits per heavy atom. The van der Waals surface area contributed by atoms with Crippen LogP contribution in [0.3, 0.4) is 0 Å². The van der Waals surface area contributed by atoms with Gasteiger partial charge in [-0.05, 0) is 42.0 Å². The van der Waals surface area contributed by atoms with Crippen LogP contribution < -0.4 is 9.64 Å². The van der Waals surface area contributed by atoms with Crippen molar-refractivity contribution in [3.63, 3.8) is 0 Å². The molecule has 2 aromatic rings. The molecule has 0 saturated carbocycles. The van der Waals surface area contributed by atoms with Gasteiger partial charge in [-0.3, -0.25) is 9.69 Å². The Labute approximate surface area is 155 Å². The predicted octanol–water partition coefficient (Wildman–Crippen LogP) is 3.15. The number of phenols is 1. The molecule has 0 aromatic heterocycles. The molecule has 0 bridgehead atoms. The van der Waals surface area contributed by atoms with Gasteiger partial charge in [0.2, 0.25) is 0 Å². The lowest BCUT2D eigenvalue weighted by Gasteiger charge is -2.25. The molecule has 25 heavy (non-hydrogen) atoms. The molecule has 2 atom stereocenters. The fraction of sp³-hybridized carbons (Fsp3) is 0.222. The fourth-order valence-corrected chi connectivity index (χ4v) is 5.13. The van der Waals surface area contributed by atoms with Crippen LogP contribution in [0, 0.1) is 0 Å². The molecular weight excluding hydrogens is 356 g/mol. The molecule has 2 aliphatic rings. The van der Waals surface area contributed by atoms with Gasteiger partial charge in [-0.15, -0.1) is 11.8 Å². The lowest BCUT2D eigenvalue weighted by Crippen LogP contribution is -2.33. The summed E-state index contributed by atoms with van der Waals surface area (Å²) in [5.41, 5.74) is 1.68. The number of carbonyl (C=O) groups excluding carboxylic acids is 1. The highest BCUT2D eigenvalue weighted by atomic mass is 32.2. The van der Waals surface area contributed by atoms with Crippen molar-refractivity contribution in [3.8, 4) is 11.5 Å². The zero-order valence-electron chi connectivity index (χ0n) is 13.5. The van der Waals surface area contributed by atoms with Gasteiger partial charge in [0.25, 0.3) is 5.91 Å². The van der Waals surface area contributed by atoms with E-state index in [1.807, 2.05) is 41.3 Å². The van der Waals surface area contributed by atoms with E-state index in [4.69, 9.17) is 17.0 Å². The molecule has 128 valence electrons. The zero-order valence-corrected chi connectivity index (χ0v) is 15.1. The lowest BCUT2D eigenvalue weighted by atomic mass is 10.1. The van der Waals surface area contributed by atoms with Crippen LogP contribution in [0.1, 0.15) is 10.9 Å². The Morgan fingerprint density at radius 1 is 1.24 bits per heavy atom. The number of nitrogens with zero attached hydrogens (tertiary/aromatic N) is 2. The zero-order chi connectivity index (χ0) is 17.6. The molecule has 2 heterocycles. The van der Waals surface area contributed by atoms with Crippen LogP contribution in [-0.2, 0) is 4.79 Å². The minimum absolute atomic E-state index is 0.00364. The normalized spacial score (nSPS) is 22.4. The Balaban J connectivity index is 1.68. The molecule has 5 nitrogen and oxygen atoms in total. The molecule has 0 spiro atoms. The minimum Gasteiger partial charge on any atom is -0.504 e. The third kappa shape index (κ3) is 2.54. The summed E-state index contributed by atoms with van der Waals surface area (Å²) in [6.07, 6.45) is 0. The number of fused-ring (bicyclic) bond motifs is 1. The first-order valence-electron chi connectivity index (χ1n) is 7.81. The van der Waals surface area contributed by atoms with E-state index in [1.165, 1.54) is 7.11 Å². The average molecular weight is 372 g/mol. The van der Waals surface area contributed by atoms with Crippen molar-refractivity contribution in [2.45, 2.75) is 11.4 Å². The van der Waals surface area contributed by atoms with E-state index in [9.17, 15) is 9.90 Å². The van der Waals surface area contributed by atoms with Gasteiger partial charge in [0, 0.05) is 5.75 Å². The summed E-state index contributed by atoms with van der Waals surface area (Å²) < 4.78 is 5.10. The Hall–Kier alpha value is -2.25. The van der Waals surface area contributed by atoms with Gasteiger partial charge in [-0.25, -0.2) is 0 Å². The Kier molecular flexibility index (Phi) is 4.05. The van der Waals surface area contributed by atoms with Crippen LogP contribution >= 0.6 is 24.0 Å². The maximum atomic E-state index is 12.9. The van der Waals surface area contributed by atoms with Crippen molar-refractivity contribution < 1.29 is 14.6 Å². The van der Waals surface area contributed by atoms with Crippen LogP contribution in [-0.4, -0.2) is 39.9 Å². The molecule has 1 amide bonds. The van der Waals surface area contributed by atoms with Crippen molar-refractivity contribution in [2.24, 2.45) is 0 Å². The molecule has 2 fully saturated rings.